The van der Waals surface area contributed by atoms with Gasteiger partial charge in [-0.15, -0.1) is 0 Å². The summed E-state index contributed by atoms with van der Waals surface area (Å²) >= 11 is 0. The lowest BCUT2D eigenvalue weighted by Gasteiger charge is -2.42. The number of ether oxygens (including phenoxy) is 19. The molecule has 4 atom stereocenters. The highest BCUT2D eigenvalue weighted by atomic mass is 16.6. The zero-order valence-corrected chi connectivity index (χ0v) is 67.4. The molecule has 114 heavy (non-hydrogen) atoms. The van der Waals surface area contributed by atoms with Gasteiger partial charge in [0.05, 0.1) is 181 Å². The maximum absolute atomic E-state index is 12.7. The number of phenols is 1. The number of nitrogens with zero attached hydrogens (tertiary/aromatic N) is 4. The lowest BCUT2D eigenvalue weighted by molar-refractivity contribution is -0.119. The fourth-order valence-electron chi connectivity index (χ4n) is 13.4. The minimum Gasteiger partial charge on any atom is -0.504 e. The van der Waals surface area contributed by atoms with E-state index in [4.69, 9.17) is 90.0 Å². The summed E-state index contributed by atoms with van der Waals surface area (Å²) in [4.78, 5) is 57.1. The number of benzene rings is 8. The molecule has 0 aliphatic carbocycles. The normalized spacial score (nSPS) is 15.7. The molecule has 28 nitrogen and oxygen atoms in total. The van der Waals surface area contributed by atoms with Crippen molar-refractivity contribution in [2.75, 3.05) is 154 Å². The molecule has 8 aromatic carbocycles. The van der Waals surface area contributed by atoms with Crippen molar-refractivity contribution in [2.45, 2.75) is 44.4 Å². The lowest BCUT2D eigenvalue weighted by atomic mass is 9.88. The number of hydrogen-bond donors (Lipinski definition) is 1. The molecule has 604 valence electrons. The van der Waals surface area contributed by atoms with Crippen molar-refractivity contribution in [3.8, 4) is 115 Å². The van der Waals surface area contributed by atoms with Crippen molar-refractivity contribution in [3.05, 3.63) is 192 Å². The van der Waals surface area contributed by atoms with Crippen molar-refractivity contribution in [1.82, 2.24) is 0 Å². The maximum atomic E-state index is 12.7. The quantitative estimate of drug-likeness (QED) is 0.0323. The third-order valence-corrected chi connectivity index (χ3v) is 19.0. The van der Waals surface area contributed by atoms with E-state index in [1.165, 1.54) is 92.4 Å². The van der Waals surface area contributed by atoms with Gasteiger partial charge in [-0.2, -0.15) is 0 Å². The van der Waals surface area contributed by atoms with E-state index in [1.807, 2.05) is 62.4 Å². The molecule has 4 fully saturated rings. The number of methoxy groups -OCH3 is 17. The summed E-state index contributed by atoms with van der Waals surface area (Å²) < 4.78 is 103. The zero-order chi connectivity index (χ0) is 83.1. The van der Waals surface area contributed by atoms with Gasteiger partial charge in [-0.3, -0.25) is 38.8 Å². The Balaban J connectivity index is 0.000000174. The molecule has 0 saturated carbocycles. The van der Waals surface area contributed by atoms with Crippen LogP contribution in [-0.2, 0) is 19.2 Å². The van der Waals surface area contributed by atoms with Gasteiger partial charge in [-0.05, 0) is 84.1 Å². The Morgan fingerprint density at radius 2 is 0.491 bits per heavy atom. The van der Waals surface area contributed by atoms with Crippen LogP contribution in [0.25, 0.3) is 0 Å². The minimum atomic E-state index is -0.419. The summed E-state index contributed by atoms with van der Waals surface area (Å²) in [5.41, 5.74) is 7.65. The highest BCUT2D eigenvalue weighted by Crippen LogP contribution is 2.54. The summed E-state index contributed by atoms with van der Waals surface area (Å²) in [7, 11) is 26.2. The Kier molecular flexibility index (Phi) is 27.9. The summed E-state index contributed by atoms with van der Waals surface area (Å²) in [5.74, 6) is 8.85. The number of aromatic hydroxyl groups is 1. The van der Waals surface area contributed by atoms with Crippen LogP contribution in [0.1, 0.15) is 66.7 Å². The molecule has 0 spiro atoms. The number of phenolic OH excluding ortho intramolecular Hbond substituents is 1. The van der Waals surface area contributed by atoms with E-state index in [0.29, 0.717) is 173 Å². The van der Waals surface area contributed by atoms with E-state index in [0.717, 1.165) is 23.1 Å². The number of rotatable bonds is 30. The second kappa shape index (κ2) is 37.5. The van der Waals surface area contributed by atoms with Gasteiger partial charge in [-0.25, -0.2) is 0 Å². The Labute approximate surface area is 663 Å². The van der Waals surface area contributed by atoms with Gasteiger partial charge in [0.15, 0.2) is 92.0 Å². The number of β-lactam (4-membered cyclic amide) rings is 4. The number of hydrogen-bond acceptors (Lipinski definition) is 24. The van der Waals surface area contributed by atoms with Crippen molar-refractivity contribution in [1.29, 1.82) is 0 Å². The predicted octanol–water partition coefficient (Wildman–Crippen LogP) is 14.4. The van der Waals surface area contributed by atoms with Gasteiger partial charge in [0.2, 0.25) is 23.0 Å². The van der Waals surface area contributed by atoms with Gasteiger partial charge in [0.25, 0.3) is 23.6 Å². The zero-order valence-electron chi connectivity index (χ0n) is 67.4. The molecule has 0 radical (unpaired) electrons. The Bertz CT molecular complexity index is 4840. The first-order valence-electron chi connectivity index (χ1n) is 35.5. The standard InChI is InChI=1S/C23H27NO6.C22H25NO6.C21H23NO6.C20H21NO6/c1-7-10-30-18-11-15(8-9-17(18)26-3)21-14(2)23(25)24(21)16-12-19(27-4)22(29-6)20(13-16)28-5;1-7-29-17-10-14(8-9-16(17)25-3)20-13(2)22(24)23(20)15-11-18(26-4)21(28-6)19(12-15)27-5;1-12-19(13-7-8-15(24-2)16(9-13)25-3)22(21(12)23)14-10-17(26-4)20(28-6)18(11-14)27-5;1-11-18(12-6-7-15(24-2)14(22)8-12)21(20(11)23)13-9-16(25-3)19(27-5)17(10-13)26-4/h8-9,11-13,21H,2,7,10H2,1,3-6H3;8-12,20H,2,7H2,1,3-6H3;7-11,19H,1H2,2-6H3;6-10,18,22H,1H2,2-5H3/t21-;20-;19-;18-/m1111/s1. The van der Waals surface area contributed by atoms with Crippen LogP contribution in [0.3, 0.4) is 0 Å². The van der Waals surface area contributed by atoms with Gasteiger partial charge in [0.1, 0.15) is 0 Å². The van der Waals surface area contributed by atoms with Gasteiger partial charge < -0.3 is 95.1 Å². The van der Waals surface area contributed by atoms with E-state index in [2.05, 4.69) is 26.3 Å². The number of anilines is 4. The third-order valence-electron chi connectivity index (χ3n) is 19.0. The third kappa shape index (κ3) is 16.4. The summed E-state index contributed by atoms with van der Waals surface area (Å²) in [6, 6.07) is 34.2. The monoisotopic (exact) mass is 1570 g/mol. The van der Waals surface area contributed by atoms with E-state index < -0.39 is 6.04 Å². The molecule has 4 saturated heterocycles. The van der Waals surface area contributed by atoms with Gasteiger partial charge in [0, 0.05) is 70.8 Å². The highest BCUT2D eigenvalue weighted by Gasteiger charge is 2.48. The molecule has 0 bridgehead atoms. The van der Waals surface area contributed by atoms with Gasteiger partial charge in [-0.1, -0.05) is 57.5 Å². The van der Waals surface area contributed by atoms with E-state index in [1.54, 1.807) is 121 Å². The average molecular weight is 1570 g/mol. The van der Waals surface area contributed by atoms with Crippen LogP contribution in [0, 0.1) is 0 Å². The van der Waals surface area contributed by atoms with E-state index in [-0.39, 0.29) is 47.5 Å². The second-order valence-electron chi connectivity index (χ2n) is 25.1. The van der Waals surface area contributed by atoms with Crippen LogP contribution in [0.15, 0.2) is 170 Å². The van der Waals surface area contributed by atoms with E-state index in [9.17, 15) is 24.3 Å². The Morgan fingerprint density at radius 1 is 0.272 bits per heavy atom. The number of amides is 4. The largest absolute Gasteiger partial charge is 0.504 e. The van der Waals surface area contributed by atoms with Crippen molar-refractivity contribution >= 4 is 46.4 Å². The van der Waals surface area contributed by atoms with Crippen LogP contribution < -0.4 is 110 Å². The first-order chi connectivity index (χ1) is 55.0. The molecule has 0 aromatic heterocycles. The summed E-state index contributed by atoms with van der Waals surface area (Å²) in [5, 5.41) is 10.1. The maximum Gasteiger partial charge on any atom is 0.256 e. The van der Waals surface area contributed by atoms with Crippen molar-refractivity contribution in [2.24, 2.45) is 0 Å². The first-order valence-corrected chi connectivity index (χ1v) is 35.5. The molecule has 28 heteroatoms. The van der Waals surface area contributed by atoms with Gasteiger partial charge >= 0.3 is 0 Å². The molecular formula is C86H96N4O24. The highest BCUT2D eigenvalue weighted by molar-refractivity contribution is 6.17. The molecule has 4 heterocycles. The topological polar surface area (TPSA) is 277 Å². The second-order valence-corrected chi connectivity index (χ2v) is 25.1. The van der Waals surface area contributed by atoms with Crippen LogP contribution >= 0.6 is 0 Å². The minimum absolute atomic E-state index is 0.00742. The predicted molar refractivity (Wildman–Crippen MR) is 429 cm³/mol. The summed E-state index contributed by atoms with van der Waals surface area (Å²) in [6.07, 6.45) is 0.875. The van der Waals surface area contributed by atoms with Crippen molar-refractivity contribution in [3.63, 3.8) is 0 Å². The summed E-state index contributed by atoms with van der Waals surface area (Å²) in [6.45, 7) is 20.8. The van der Waals surface area contributed by atoms with Crippen LogP contribution in [0.4, 0.5) is 22.7 Å². The fraction of sp³-hybridized carbons (Fsp3) is 0.302. The average Bonchev–Trinajstić information content (AvgIpc) is 0.754. The Morgan fingerprint density at radius 3 is 0.711 bits per heavy atom. The van der Waals surface area contributed by atoms with Crippen molar-refractivity contribution < 1.29 is 114 Å². The molecule has 8 aromatic rings. The molecular weight excluding hydrogens is 1470 g/mol. The molecule has 1 N–H and O–H groups in total. The lowest BCUT2D eigenvalue weighted by Crippen LogP contribution is -2.48. The van der Waals surface area contributed by atoms with Crippen LogP contribution in [-0.4, -0.2) is 163 Å². The number of carbonyl (C=O) groups excluding carboxylic acids is 4. The van der Waals surface area contributed by atoms with E-state index >= 15 is 0 Å². The molecule has 4 aliphatic rings. The fourth-order valence-corrected chi connectivity index (χ4v) is 13.4. The number of carbonyl (C=O) groups is 4. The van der Waals surface area contributed by atoms with Crippen LogP contribution in [0.2, 0.25) is 0 Å². The smallest absolute Gasteiger partial charge is 0.256 e. The molecule has 0 unspecified atom stereocenters. The van der Waals surface area contributed by atoms with Crippen LogP contribution in [0.5, 0.6) is 115 Å². The first kappa shape index (κ1) is 84.6. The molecule has 12 rings (SSSR count). The SMILES string of the molecule is C=C1C(=O)N(c2cc(OC)c(OC)c(OC)c2)[C@H]1c1ccc(OC)c(O)c1.C=C1C(=O)N(c2cc(OC)c(OC)c(OC)c2)[C@H]1c1ccc(OC)c(OC)c1.C=C1C(=O)N(c2cc(OC)c(OC)c(OC)c2)[C@H]1c1ccc(OC)c(OCC)c1.C=C1C(=O)N(c2cc(OC)c(OC)c(OC)c2)[C@H]1c1ccc(OC)c(OCCC)c1. The Hall–Kier alpha value is -13.4. The molecule has 4 amide bonds. The molecule has 4 aliphatic heterocycles.